The van der Waals surface area contributed by atoms with Gasteiger partial charge < -0.3 is 0 Å². The van der Waals surface area contributed by atoms with Crippen LogP contribution in [0.25, 0.3) is 6.08 Å². The highest BCUT2D eigenvalue weighted by molar-refractivity contribution is 8.27. The molecule has 1 saturated heterocycles. The van der Waals surface area contributed by atoms with Crippen LogP contribution in [-0.2, 0) is 4.79 Å². The molecular formula is C17H11Cl2NOS2. The number of hydrogen-bond donors (Lipinski definition) is 0. The largest absolute Gasteiger partial charge is 0.270 e. The standard InChI is InChI=1S/C17H11Cl2NOS2/c1-10-3-2-4-13(7-10)20-16(21)15(23-17(20)22)8-11-5-6-12(18)9-14(11)19/h2-9H,1H3. The fraction of sp³-hybridized carbons (Fsp3) is 0.0588. The van der Waals surface area contributed by atoms with E-state index < -0.39 is 0 Å². The highest BCUT2D eigenvalue weighted by atomic mass is 35.5. The highest BCUT2D eigenvalue weighted by Gasteiger charge is 2.33. The smallest absolute Gasteiger partial charge is 0.268 e. The average molecular weight is 380 g/mol. The maximum absolute atomic E-state index is 12.7. The topological polar surface area (TPSA) is 20.3 Å². The van der Waals surface area contributed by atoms with Gasteiger partial charge in [-0.2, -0.15) is 0 Å². The number of amides is 1. The Balaban J connectivity index is 1.96. The molecule has 0 spiro atoms. The summed E-state index contributed by atoms with van der Waals surface area (Å²) in [7, 11) is 0. The van der Waals surface area contributed by atoms with Crippen molar-refractivity contribution in [1.82, 2.24) is 0 Å². The second-order valence-electron chi connectivity index (χ2n) is 5.02. The molecule has 1 fully saturated rings. The summed E-state index contributed by atoms with van der Waals surface area (Å²) in [4.78, 5) is 14.8. The van der Waals surface area contributed by atoms with Gasteiger partial charge in [-0.15, -0.1) is 0 Å². The molecule has 1 aliphatic rings. The molecular weight excluding hydrogens is 369 g/mol. The Morgan fingerprint density at radius 3 is 2.65 bits per heavy atom. The van der Waals surface area contributed by atoms with Gasteiger partial charge in [-0.25, -0.2) is 0 Å². The van der Waals surface area contributed by atoms with Crippen LogP contribution in [0.2, 0.25) is 10.0 Å². The maximum Gasteiger partial charge on any atom is 0.270 e. The van der Waals surface area contributed by atoms with Crippen molar-refractivity contribution in [2.75, 3.05) is 4.90 Å². The quantitative estimate of drug-likeness (QED) is 0.492. The number of benzene rings is 2. The number of carbonyl (C=O) groups is 1. The molecule has 1 heterocycles. The predicted molar refractivity (Wildman–Crippen MR) is 103 cm³/mol. The van der Waals surface area contributed by atoms with E-state index in [-0.39, 0.29) is 5.91 Å². The van der Waals surface area contributed by atoms with Gasteiger partial charge in [-0.05, 0) is 48.4 Å². The first kappa shape index (κ1) is 16.5. The Morgan fingerprint density at radius 1 is 1.17 bits per heavy atom. The molecule has 0 unspecified atom stereocenters. The zero-order valence-corrected chi connectivity index (χ0v) is 15.2. The number of halogens is 2. The summed E-state index contributed by atoms with van der Waals surface area (Å²) >= 11 is 18.7. The van der Waals surface area contributed by atoms with Crippen LogP contribution in [0.3, 0.4) is 0 Å². The molecule has 1 amide bonds. The van der Waals surface area contributed by atoms with Gasteiger partial charge in [0.15, 0.2) is 4.32 Å². The molecule has 0 aromatic heterocycles. The number of thioether (sulfide) groups is 1. The average Bonchev–Trinajstić information content (AvgIpc) is 2.76. The van der Waals surface area contributed by atoms with Crippen molar-refractivity contribution < 1.29 is 4.79 Å². The minimum absolute atomic E-state index is 0.142. The molecule has 6 heteroatoms. The number of aryl methyl sites for hydroxylation is 1. The molecule has 0 aliphatic carbocycles. The number of hydrogen-bond acceptors (Lipinski definition) is 3. The summed E-state index contributed by atoms with van der Waals surface area (Å²) in [6.07, 6.45) is 1.74. The number of thiocarbonyl (C=S) groups is 1. The monoisotopic (exact) mass is 379 g/mol. The van der Waals surface area contributed by atoms with Gasteiger partial charge in [0.2, 0.25) is 0 Å². The molecule has 116 valence electrons. The first-order valence-corrected chi connectivity index (χ1v) is 8.73. The lowest BCUT2D eigenvalue weighted by molar-refractivity contribution is -0.113. The van der Waals surface area contributed by atoms with E-state index in [0.29, 0.717) is 19.3 Å². The van der Waals surface area contributed by atoms with Crippen LogP contribution in [-0.4, -0.2) is 10.2 Å². The van der Waals surface area contributed by atoms with E-state index >= 15 is 0 Å². The molecule has 2 nitrogen and oxygen atoms in total. The van der Waals surface area contributed by atoms with Crippen molar-refractivity contribution in [1.29, 1.82) is 0 Å². The van der Waals surface area contributed by atoms with E-state index in [1.54, 1.807) is 29.2 Å². The lowest BCUT2D eigenvalue weighted by Crippen LogP contribution is -2.27. The summed E-state index contributed by atoms with van der Waals surface area (Å²) < 4.78 is 0.511. The molecule has 0 saturated carbocycles. The number of carbonyl (C=O) groups excluding carboxylic acids is 1. The van der Waals surface area contributed by atoms with E-state index in [1.807, 2.05) is 31.2 Å². The summed E-state index contributed by atoms with van der Waals surface area (Å²) in [5.74, 6) is -0.142. The molecule has 0 bridgehead atoms. The SMILES string of the molecule is Cc1cccc(N2C(=O)C(=Cc3ccc(Cl)cc3Cl)SC2=S)c1. The van der Waals surface area contributed by atoms with Crippen molar-refractivity contribution in [2.45, 2.75) is 6.92 Å². The van der Waals surface area contributed by atoms with Crippen molar-refractivity contribution in [3.8, 4) is 0 Å². The fourth-order valence-corrected chi connectivity index (χ4v) is 3.97. The van der Waals surface area contributed by atoms with Crippen molar-refractivity contribution in [2.24, 2.45) is 0 Å². The Bertz CT molecular complexity index is 848. The zero-order valence-electron chi connectivity index (χ0n) is 12.0. The molecule has 1 aliphatic heterocycles. The van der Waals surface area contributed by atoms with Crippen molar-refractivity contribution in [3.05, 3.63) is 68.5 Å². The zero-order chi connectivity index (χ0) is 16.6. The minimum Gasteiger partial charge on any atom is -0.268 e. The summed E-state index contributed by atoms with van der Waals surface area (Å²) in [6.45, 7) is 1.98. The highest BCUT2D eigenvalue weighted by Crippen LogP contribution is 2.37. The number of rotatable bonds is 2. The molecule has 23 heavy (non-hydrogen) atoms. The van der Waals surface area contributed by atoms with E-state index in [9.17, 15) is 4.79 Å². The second kappa shape index (κ2) is 6.65. The minimum atomic E-state index is -0.142. The molecule has 2 aromatic rings. The van der Waals surface area contributed by atoms with E-state index in [2.05, 4.69) is 0 Å². The Hall–Kier alpha value is -1.33. The third-order valence-electron chi connectivity index (χ3n) is 3.30. The Labute approximate surface area is 154 Å². The third kappa shape index (κ3) is 3.45. The van der Waals surface area contributed by atoms with E-state index in [1.165, 1.54) is 11.8 Å². The first-order chi connectivity index (χ1) is 11.0. The van der Waals surface area contributed by atoms with Crippen LogP contribution in [0, 0.1) is 6.92 Å². The van der Waals surface area contributed by atoms with E-state index in [0.717, 1.165) is 16.8 Å². The number of nitrogens with zero attached hydrogens (tertiary/aromatic N) is 1. The Kier molecular flexibility index (Phi) is 4.78. The van der Waals surface area contributed by atoms with Gasteiger partial charge in [0.05, 0.1) is 10.6 Å². The van der Waals surface area contributed by atoms with Crippen LogP contribution in [0.1, 0.15) is 11.1 Å². The summed E-state index contributed by atoms with van der Waals surface area (Å²) in [5.41, 5.74) is 2.58. The van der Waals surface area contributed by atoms with Crippen molar-refractivity contribution >= 4 is 69.2 Å². The van der Waals surface area contributed by atoms with Gasteiger partial charge in [0, 0.05) is 10.0 Å². The second-order valence-corrected chi connectivity index (χ2v) is 7.54. The summed E-state index contributed by atoms with van der Waals surface area (Å²) in [5, 5.41) is 1.05. The normalized spacial score (nSPS) is 16.5. The van der Waals surface area contributed by atoms with Gasteiger partial charge in [0.25, 0.3) is 5.91 Å². The Morgan fingerprint density at radius 2 is 1.96 bits per heavy atom. The summed E-state index contributed by atoms with van der Waals surface area (Å²) in [6, 6.07) is 12.9. The van der Waals surface area contributed by atoms with Crippen LogP contribution >= 0.6 is 47.2 Å². The lowest BCUT2D eigenvalue weighted by atomic mass is 10.2. The molecule has 3 rings (SSSR count). The lowest BCUT2D eigenvalue weighted by Gasteiger charge is -2.14. The van der Waals surface area contributed by atoms with Gasteiger partial charge in [-0.3, -0.25) is 9.69 Å². The van der Waals surface area contributed by atoms with Crippen LogP contribution in [0.5, 0.6) is 0 Å². The van der Waals surface area contributed by atoms with E-state index in [4.69, 9.17) is 35.4 Å². The fourth-order valence-electron chi connectivity index (χ4n) is 2.22. The van der Waals surface area contributed by atoms with Crippen LogP contribution < -0.4 is 4.90 Å². The van der Waals surface area contributed by atoms with Crippen LogP contribution in [0.15, 0.2) is 47.4 Å². The maximum atomic E-state index is 12.7. The van der Waals surface area contributed by atoms with Gasteiger partial charge in [-0.1, -0.05) is 65.4 Å². The van der Waals surface area contributed by atoms with Gasteiger partial charge in [0.1, 0.15) is 0 Å². The first-order valence-electron chi connectivity index (χ1n) is 6.75. The van der Waals surface area contributed by atoms with Crippen molar-refractivity contribution in [3.63, 3.8) is 0 Å². The molecule has 0 atom stereocenters. The molecule has 0 N–H and O–H groups in total. The van der Waals surface area contributed by atoms with Gasteiger partial charge >= 0.3 is 0 Å². The van der Waals surface area contributed by atoms with Crippen LogP contribution in [0.4, 0.5) is 5.69 Å². The molecule has 0 radical (unpaired) electrons. The predicted octanol–water partition coefficient (Wildman–Crippen LogP) is 5.71. The molecule has 2 aromatic carbocycles. The third-order valence-corrected chi connectivity index (χ3v) is 5.17. The number of anilines is 1.